The largest absolute Gasteiger partial charge is 0.303 e. The van der Waals surface area contributed by atoms with Crippen LogP contribution in [0.1, 0.15) is 28.4 Å². The molecular weight excluding hydrogens is 158 g/mol. The van der Waals surface area contributed by atoms with Crippen LogP contribution in [0.4, 0.5) is 0 Å². The van der Waals surface area contributed by atoms with Gasteiger partial charge in [0.15, 0.2) is 0 Å². The van der Waals surface area contributed by atoms with Crippen molar-refractivity contribution in [2.24, 2.45) is 0 Å². The van der Waals surface area contributed by atoms with Crippen LogP contribution in [-0.4, -0.2) is 11.3 Å². The Morgan fingerprint density at radius 2 is 2.18 bits per heavy atom. The molecule has 0 bridgehead atoms. The molecule has 0 saturated heterocycles. The van der Waals surface area contributed by atoms with Crippen LogP contribution in [0.15, 0.2) is 0 Å². The Kier molecular flexibility index (Phi) is 2.39. The smallest absolute Gasteiger partial charge is 0.129 e. The summed E-state index contributed by atoms with van der Waals surface area (Å²) < 4.78 is 0. The normalized spacial score (nSPS) is 13.0. The minimum Gasteiger partial charge on any atom is -0.303 e. The van der Waals surface area contributed by atoms with Crippen molar-refractivity contribution in [1.82, 2.24) is 4.98 Å². The molecule has 0 fully saturated rings. The molecule has 1 atom stereocenters. The summed E-state index contributed by atoms with van der Waals surface area (Å²) in [6.45, 7) is 5.85. The lowest BCUT2D eigenvalue weighted by Gasteiger charge is -1.93. The number of carbonyl (C=O) groups excluding carboxylic acids is 1. The van der Waals surface area contributed by atoms with E-state index >= 15 is 0 Å². The van der Waals surface area contributed by atoms with Crippen LogP contribution in [0.3, 0.4) is 0 Å². The predicted octanol–water partition coefficient (Wildman–Crippen LogP) is 2.06. The number of thiazole rings is 1. The van der Waals surface area contributed by atoms with Crippen molar-refractivity contribution in [3.63, 3.8) is 0 Å². The quantitative estimate of drug-likeness (QED) is 0.634. The van der Waals surface area contributed by atoms with E-state index in [0.717, 1.165) is 17.0 Å². The molecule has 0 spiro atoms. The first-order chi connectivity index (χ1) is 5.15. The van der Waals surface area contributed by atoms with Gasteiger partial charge in [0.2, 0.25) is 0 Å². The summed E-state index contributed by atoms with van der Waals surface area (Å²) in [5, 5.41) is 0.926. The van der Waals surface area contributed by atoms with Gasteiger partial charge in [0.1, 0.15) is 11.3 Å². The minimum absolute atomic E-state index is 0.0487. The Morgan fingerprint density at radius 3 is 2.55 bits per heavy atom. The van der Waals surface area contributed by atoms with Gasteiger partial charge < -0.3 is 4.79 Å². The fourth-order valence-corrected chi connectivity index (χ4v) is 1.68. The van der Waals surface area contributed by atoms with Gasteiger partial charge >= 0.3 is 0 Å². The third-order valence-electron chi connectivity index (χ3n) is 1.64. The summed E-state index contributed by atoms with van der Waals surface area (Å²) in [6.07, 6.45) is 0.928. The maximum Gasteiger partial charge on any atom is 0.129 e. The maximum absolute atomic E-state index is 10.4. The van der Waals surface area contributed by atoms with Crippen molar-refractivity contribution in [1.29, 1.82) is 0 Å². The lowest BCUT2D eigenvalue weighted by Crippen LogP contribution is -1.92. The molecule has 2 nitrogen and oxygen atoms in total. The second kappa shape index (κ2) is 3.13. The molecule has 0 aromatic carbocycles. The summed E-state index contributed by atoms with van der Waals surface area (Å²) in [6, 6.07) is 0. The first-order valence-electron chi connectivity index (χ1n) is 3.54. The van der Waals surface area contributed by atoms with Gasteiger partial charge in [0.25, 0.3) is 0 Å². The van der Waals surface area contributed by atoms with Crippen LogP contribution in [0.2, 0.25) is 0 Å². The number of carbonyl (C=O) groups is 1. The average molecular weight is 169 g/mol. The fraction of sp³-hybridized carbons (Fsp3) is 0.500. The van der Waals surface area contributed by atoms with E-state index in [9.17, 15) is 4.79 Å². The van der Waals surface area contributed by atoms with Crippen molar-refractivity contribution in [2.75, 3.05) is 0 Å². The number of aldehydes is 1. The first kappa shape index (κ1) is 8.40. The highest BCUT2D eigenvalue weighted by atomic mass is 32.1. The molecule has 1 aromatic heterocycles. The van der Waals surface area contributed by atoms with Gasteiger partial charge in [-0.3, -0.25) is 0 Å². The first-order valence-corrected chi connectivity index (χ1v) is 4.36. The molecule has 1 unspecified atom stereocenters. The third kappa shape index (κ3) is 1.66. The second-order valence-electron chi connectivity index (χ2n) is 2.62. The fourth-order valence-electron chi connectivity index (χ4n) is 0.751. The van der Waals surface area contributed by atoms with Crippen molar-refractivity contribution < 1.29 is 4.79 Å². The number of rotatable bonds is 2. The molecule has 3 heteroatoms. The Hall–Kier alpha value is -0.700. The summed E-state index contributed by atoms with van der Waals surface area (Å²) in [4.78, 5) is 15.9. The zero-order chi connectivity index (χ0) is 8.43. The lowest BCUT2D eigenvalue weighted by atomic mass is 10.2. The number of hydrogen-bond donors (Lipinski definition) is 0. The van der Waals surface area contributed by atoms with Crippen LogP contribution in [-0.2, 0) is 4.79 Å². The molecule has 1 heterocycles. The Balaban J connectivity index is 2.96. The van der Waals surface area contributed by atoms with E-state index in [2.05, 4.69) is 4.98 Å². The minimum atomic E-state index is -0.0487. The Labute approximate surface area is 70.3 Å². The molecule has 0 aliphatic heterocycles. The molecule has 0 radical (unpaired) electrons. The standard InChI is InChI=1S/C8H11NOS/c1-5(4-10)8-9-6(2)7(3)11-8/h4-5H,1-3H3. The Morgan fingerprint density at radius 1 is 1.55 bits per heavy atom. The SMILES string of the molecule is Cc1nc(C(C)C=O)sc1C. The van der Waals surface area contributed by atoms with Crippen molar-refractivity contribution >= 4 is 17.6 Å². The van der Waals surface area contributed by atoms with Gasteiger partial charge in [-0.25, -0.2) is 4.98 Å². The lowest BCUT2D eigenvalue weighted by molar-refractivity contribution is -0.108. The van der Waals surface area contributed by atoms with Crippen LogP contribution >= 0.6 is 11.3 Å². The van der Waals surface area contributed by atoms with E-state index in [4.69, 9.17) is 0 Å². The molecule has 11 heavy (non-hydrogen) atoms. The van der Waals surface area contributed by atoms with Crippen molar-refractivity contribution in [3.05, 3.63) is 15.6 Å². The summed E-state index contributed by atoms with van der Waals surface area (Å²) >= 11 is 1.60. The number of aromatic nitrogens is 1. The van der Waals surface area contributed by atoms with E-state index < -0.39 is 0 Å². The van der Waals surface area contributed by atoms with Gasteiger partial charge in [-0.2, -0.15) is 0 Å². The van der Waals surface area contributed by atoms with Gasteiger partial charge in [-0.05, 0) is 20.8 Å². The Bertz CT molecular complexity index is 248. The highest BCUT2D eigenvalue weighted by Crippen LogP contribution is 2.22. The number of hydrogen-bond acceptors (Lipinski definition) is 3. The molecule has 0 amide bonds. The zero-order valence-corrected chi connectivity index (χ0v) is 7.73. The van der Waals surface area contributed by atoms with E-state index in [-0.39, 0.29) is 5.92 Å². The topological polar surface area (TPSA) is 30.0 Å². The molecule has 0 aliphatic rings. The summed E-state index contributed by atoms with van der Waals surface area (Å²) in [5.41, 5.74) is 1.04. The van der Waals surface area contributed by atoms with E-state index in [1.54, 1.807) is 11.3 Å². The molecule has 0 aliphatic carbocycles. The second-order valence-corrected chi connectivity index (χ2v) is 3.85. The number of nitrogens with zero attached hydrogens (tertiary/aromatic N) is 1. The average Bonchev–Trinajstić information content (AvgIpc) is 2.31. The monoisotopic (exact) mass is 169 g/mol. The molecule has 0 N–H and O–H groups in total. The predicted molar refractivity (Wildman–Crippen MR) is 46.1 cm³/mol. The maximum atomic E-state index is 10.4. The van der Waals surface area contributed by atoms with Gasteiger partial charge in [0, 0.05) is 4.88 Å². The van der Waals surface area contributed by atoms with Gasteiger partial charge in [0.05, 0.1) is 11.6 Å². The highest BCUT2D eigenvalue weighted by Gasteiger charge is 2.09. The zero-order valence-electron chi connectivity index (χ0n) is 6.92. The van der Waals surface area contributed by atoms with Crippen LogP contribution < -0.4 is 0 Å². The van der Waals surface area contributed by atoms with Gasteiger partial charge in [-0.15, -0.1) is 11.3 Å². The van der Waals surface area contributed by atoms with E-state index in [1.807, 2.05) is 20.8 Å². The molecule has 0 saturated carbocycles. The molecular formula is C8H11NOS. The molecule has 1 rings (SSSR count). The van der Waals surface area contributed by atoms with Crippen molar-refractivity contribution in [3.8, 4) is 0 Å². The van der Waals surface area contributed by atoms with Crippen LogP contribution in [0, 0.1) is 13.8 Å². The number of aryl methyl sites for hydroxylation is 2. The van der Waals surface area contributed by atoms with Crippen LogP contribution in [0.5, 0.6) is 0 Å². The van der Waals surface area contributed by atoms with Crippen LogP contribution in [0.25, 0.3) is 0 Å². The molecule has 60 valence electrons. The third-order valence-corrected chi connectivity index (χ3v) is 2.91. The van der Waals surface area contributed by atoms with E-state index in [1.165, 1.54) is 4.88 Å². The van der Waals surface area contributed by atoms with Gasteiger partial charge in [-0.1, -0.05) is 0 Å². The van der Waals surface area contributed by atoms with Crippen molar-refractivity contribution in [2.45, 2.75) is 26.7 Å². The van der Waals surface area contributed by atoms with E-state index in [0.29, 0.717) is 0 Å². The molecule has 1 aromatic rings. The summed E-state index contributed by atoms with van der Waals surface area (Å²) in [5.74, 6) is -0.0487. The highest BCUT2D eigenvalue weighted by molar-refractivity contribution is 7.11. The summed E-state index contributed by atoms with van der Waals surface area (Å²) in [7, 11) is 0.